The molecule has 0 spiro atoms. The summed E-state index contributed by atoms with van der Waals surface area (Å²) in [6.45, 7) is 7.77. The molecule has 3 rings (SSSR count). The van der Waals surface area contributed by atoms with E-state index in [0.717, 1.165) is 52.3 Å². The van der Waals surface area contributed by atoms with Crippen LogP contribution in [0.1, 0.15) is 51.2 Å². The Bertz CT molecular complexity index is 928. The summed E-state index contributed by atoms with van der Waals surface area (Å²) in [6, 6.07) is 4.71. The van der Waals surface area contributed by atoms with Gasteiger partial charge in [-0.25, -0.2) is 0 Å². The van der Waals surface area contributed by atoms with E-state index in [4.69, 9.17) is 18.9 Å². The number of allylic oxidation sites excluding steroid dienone is 2. The predicted octanol–water partition coefficient (Wildman–Crippen LogP) is 4.91. The van der Waals surface area contributed by atoms with Gasteiger partial charge in [0.2, 0.25) is 0 Å². The molecule has 1 heterocycles. The lowest BCUT2D eigenvalue weighted by Crippen LogP contribution is -2.25. The molecule has 200 valence electrons. The van der Waals surface area contributed by atoms with Gasteiger partial charge in [-0.3, -0.25) is 9.59 Å². The molecule has 0 amide bonds. The third kappa shape index (κ3) is 8.47. The van der Waals surface area contributed by atoms with Crippen LogP contribution in [0, 0.1) is 0 Å². The molecule has 1 fully saturated rings. The van der Waals surface area contributed by atoms with Crippen LogP contribution in [0.3, 0.4) is 0 Å². The standard InChI is InChI=1S/C24H31NO5S.C4H10O/c1-16-20(10-17(13-26)14-27)24(25(2)19-6-7-19)21-11-18(15-29-4)22(12-23(21)31-16)30-9-5-8-28-3;1-4(2)5-3/h10-14,16,19H,5-9,15H2,1-4H3;4H,1-3H3. The van der Waals surface area contributed by atoms with Crippen LogP contribution in [-0.2, 0) is 30.4 Å². The topological polar surface area (TPSA) is 74.3 Å². The highest BCUT2D eigenvalue weighted by Crippen LogP contribution is 2.48. The van der Waals surface area contributed by atoms with Crippen molar-refractivity contribution in [1.29, 1.82) is 0 Å². The number of rotatable bonds is 13. The van der Waals surface area contributed by atoms with E-state index < -0.39 is 0 Å². The molecule has 1 atom stereocenters. The van der Waals surface area contributed by atoms with Crippen LogP contribution in [0.25, 0.3) is 5.70 Å². The first-order valence-electron chi connectivity index (χ1n) is 12.4. The largest absolute Gasteiger partial charge is 0.493 e. The number of fused-ring (bicyclic) bond motifs is 1. The minimum absolute atomic E-state index is 0.0909. The average Bonchev–Trinajstić information content (AvgIpc) is 3.71. The fourth-order valence-electron chi connectivity index (χ4n) is 3.78. The lowest BCUT2D eigenvalue weighted by molar-refractivity contribution is -0.109. The van der Waals surface area contributed by atoms with E-state index in [-0.39, 0.29) is 10.8 Å². The fraction of sp³-hybridized carbons (Fsp3) is 0.571. The van der Waals surface area contributed by atoms with Gasteiger partial charge >= 0.3 is 0 Å². The van der Waals surface area contributed by atoms with Crippen LogP contribution in [-0.4, -0.2) is 76.5 Å². The maximum atomic E-state index is 11.3. The Hall–Kier alpha value is -2.13. The lowest BCUT2D eigenvalue weighted by Gasteiger charge is -2.34. The van der Waals surface area contributed by atoms with Crippen LogP contribution in [0.2, 0.25) is 0 Å². The molecular formula is C28H41NO6S. The molecule has 1 unspecified atom stereocenters. The van der Waals surface area contributed by atoms with Gasteiger partial charge < -0.3 is 23.8 Å². The van der Waals surface area contributed by atoms with Gasteiger partial charge in [-0.2, -0.15) is 0 Å². The third-order valence-electron chi connectivity index (χ3n) is 6.00. The zero-order valence-electron chi connectivity index (χ0n) is 22.7. The number of aldehydes is 2. The summed E-state index contributed by atoms with van der Waals surface area (Å²) in [5.41, 5.74) is 4.30. The van der Waals surface area contributed by atoms with Gasteiger partial charge in [0.1, 0.15) is 5.75 Å². The molecule has 1 aliphatic heterocycles. The molecule has 0 bridgehead atoms. The van der Waals surface area contributed by atoms with Gasteiger partial charge in [0, 0.05) is 74.4 Å². The van der Waals surface area contributed by atoms with Crippen molar-refractivity contribution in [2.24, 2.45) is 0 Å². The average molecular weight is 520 g/mol. The molecule has 7 nitrogen and oxygen atoms in total. The van der Waals surface area contributed by atoms with E-state index in [1.54, 1.807) is 39.2 Å². The Labute approximate surface area is 220 Å². The Morgan fingerprint density at radius 3 is 2.31 bits per heavy atom. The predicted molar refractivity (Wildman–Crippen MR) is 145 cm³/mol. The summed E-state index contributed by atoms with van der Waals surface area (Å²) in [7, 11) is 7.15. The van der Waals surface area contributed by atoms with Crippen molar-refractivity contribution in [3.63, 3.8) is 0 Å². The van der Waals surface area contributed by atoms with Crippen molar-refractivity contribution in [2.75, 3.05) is 41.6 Å². The van der Waals surface area contributed by atoms with Crippen LogP contribution in [0.5, 0.6) is 5.75 Å². The van der Waals surface area contributed by atoms with E-state index in [0.29, 0.717) is 44.5 Å². The minimum atomic E-state index is 0.0909. The number of benzene rings is 1. The van der Waals surface area contributed by atoms with Gasteiger partial charge in [0.15, 0.2) is 12.6 Å². The third-order valence-corrected chi connectivity index (χ3v) is 7.20. The molecule has 1 aromatic carbocycles. The number of hydrogen-bond acceptors (Lipinski definition) is 8. The Morgan fingerprint density at radius 2 is 1.78 bits per heavy atom. The highest BCUT2D eigenvalue weighted by molar-refractivity contribution is 8.00. The molecule has 0 N–H and O–H groups in total. The Kier molecular flexibility index (Phi) is 12.7. The SMILES string of the molecule is COC(C)C.COCCCOc1cc2c(cc1COC)C(N(C)C1CC1)=C(C=C(C=O)C=O)C(C)S2. The molecule has 2 aliphatic rings. The molecule has 1 aromatic rings. The van der Waals surface area contributed by atoms with Crippen LogP contribution in [0.4, 0.5) is 0 Å². The second-order valence-corrected chi connectivity index (χ2v) is 10.5. The number of hydrogen-bond donors (Lipinski definition) is 0. The van der Waals surface area contributed by atoms with Crippen molar-refractivity contribution >= 4 is 30.0 Å². The van der Waals surface area contributed by atoms with Crippen LogP contribution >= 0.6 is 11.8 Å². The summed E-state index contributed by atoms with van der Waals surface area (Å²) in [5, 5.41) is 0.0909. The summed E-state index contributed by atoms with van der Waals surface area (Å²) in [6.07, 6.45) is 6.47. The molecule has 0 saturated heterocycles. The molecule has 0 aromatic heterocycles. The summed E-state index contributed by atoms with van der Waals surface area (Å²) in [5.74, 6) is 0.824. The molecule has 1 saturated carbocycles. The quantitative estimate of drug-likeness (QED) is 0.120. The highest BCUT2D eigenvalue weighted by Gasteiger charge is 2.34. The highest BCUT2D eigenvalue weighted by atomic mass is 32.2. The first-order valence-corrected chi connectivity index (χ1v) is 13.3. The van der Waals surface area contributed by atoms with E-state index in [1.807, 2.05) is 13.8 Å². The van der Waals surface area contributed by atoms with Crippen LogP contribution in [0.15, 0.2) is 34.3 Å². The van der Waals surface area contributed by atoms with E-state index in [1.165, 1.54) is 0 Å². The van der Waals surface area contributed by atoms with E-state index >= 15 is 0 Å². The minimum Gasteiger partial charge on any atom is -0.493 e. The van der Waals surface area contributed by atoms with Gasteiger partial charge in [-0.15, -0.1) is 11.8 Å². The number of carbonyl (C=O) groups excluding carboxylic acids is 2. The van der Waals surface area contributed by atoms with Gasteiger partial charge in [0.05, 0.1) is 24.9 Å². The molecular weight excluding hydrogens is 478 g/mol. The second kappa shape index (κ2) is 15.2. The first-order chi connectivity index (χ1) is 17.3. The Balaban J connectivity index is 0.000000830. The zero-order valence-corrected chi connectivity index (χ0v) is 23.5. The van der Waals surface area contributed by atoms with E-state index in [9.17, 15) is 9.59 Å². The number of methoxy groups -OCH3 is 3. The van der Waals surface area contributed by atoms with Gasteiger partial charge in [-0.05, 0) is 57.4 Å². The maximum Gasteiger partial charge on any atom is 0.153 e. The van der Waals surface area contributed by atoms with Crippen molar-refractivity contribution in [1.82, 2.24) is 4.90 Å². The number of thioether (sulfide) groups is 1. The molecule has 1 aliphatic carbocycles. The Morgan fingerprint density at radius 1 is 1.11 bits per heavy atom. The molecule has 0 radical (unpaired) electrons. The van der Waals surface area contributed by atoms with Gasteiger partial charge in [-0.1, -0.05) is 0 Å². The smallest absolute Gasteiger partial charge is 0.153 e. The van der Waals surface area contributed by atoms with Crippen molar-refractivity contribution in [3.05, 3.63) is 40.5 Å². The van der Waals surface area contributed by atoms with Crippen molar-refractivity contribution in [3.8, 4) is 5.75 Å². The first kappa shape index (κ1) is 30.1. The van der Waals surface area contributed by atoms with Gasteiger partial charge in [0.25, 0.3) is 0 Å². The number of carbonyl (C=O) groups is 2. The van der Waals surface area contributed by atoms with Crippen molar-refractivity contribution in [2.45, 2.75) is 68.9 Å². The molecule has 8 heteroatoms. The molecule has 36 heavy (non-hydrogen) atoms. The normalized spacial score (nSPS) is 16.6. The lowest BCUT2D eigenvalue weighted by atomic mass is 9.98. The maximum absolute atomic E-state index is 11.3. The van der Waals surface area contributed by atoms with Crippen LogP contribution < -0.4 is 4.74 Å². The second-order valence-electron chi connectivity index (χ2n) is 9.15. The van der Waals surface area contributed by atoms with E-state index in [2.05, 4.69) is 31.0 Å². The monoisotopic (exact) mass is 519 g/mol. The summed E-state index contributed by atoms with van der Waals surface area (Å²) < 4.78 is 21.4. The summed E-state index contributed by atoms with van der Waals surface area (Å²) >= 11 is 1.71. The number of ether oxygens (including phenoxy) is 4. The number of nitrogens with zero attached hydrogens (tertiary/aromatic N) is 1. The van der Waals surface area contributed by atoms with Crippen molar-refractivity contribution < 1.29 is 28.5 Å². The zero-order chi connectivity index (χ0) is 26.7. The fourth-order valence-corrected chi connectivity index (χ4v) is 4.92. The summed E-state index contributed by atoms with van der Waals surface area (Å²) in [4.78, 5) is 26.1.